The molecule has 0 aliphatic carbocycles. The fourth-order valence-corrected chi connectivity index (χ4v) is 7.56. The van der Waals surface area contributed by atoms with Gasteiger partial charge in [-0.1, -0.05) is 12.1 Å². The van der Waals surface area contributed by atoms with Crippen LogP contribution in [0.3, 0.4) is 0 Å². The molecule has 12 heteroatoms. The Morgan fingerprint density at radius 2 is 1.49 bits per heavy atom. The molecule has 37 heavy (non-hydrogen) atoms. The fourth-order valence-electron chi connectivity index (χ4n) is 4.54. The standard InChI is InChI=1S/C13H30N2O4Si.C12H26N2O2Si/c1-5-19-11-10-15-9-8-14(13-15)7-6-12-20(16-2,17-3)18-4;1-4-13-7-5-8-14(11-13)9-6-10-17-12(15-2)16-3/h5-13H2,1-4H3;5,7,12H,4,6,8-11,17H2,1-3H3. The summed E-state index contributed by atoms with van der Waals surface area (Å²) < 4.78 is 32.2. The molecule has 0 radical (unpaired) electrons. The second-order valence-electron chi connectivity index (χ2n) is 9.38. The topological polar surface area (TPSA) is 68.3 Å². The highest BCUT2D eigenvalue weighted by atomic mass is 28.4. The third kappa shape index (κ3) is 14.5. The average molecular weight is 565 g/mol. The summed E-state index contributed by atoms with van der Waals surface area (Å²) in [5.41, 5.74) is 0. The summed E-state index contributed by atoms with van der Waals surface area (Å²) in [5, 5.41) is 0. The zero-order chi connectivity index (χ0) is 27.4. The van der Waals surface area contributed by atoms with Crippen LogP contribution < -0.4 is 0 Å². The van der Waals surface area contributed by atoms with Crippen molar-refractivity contribution in [1.82, 2.24) is 19.6 Å². The van der Waals surface area contributed by atoms with Crippen LogP contribution >= 0.6 is 0 Å². The Kier molecular flexibility index (Phi) is 20.1. The Morgan fingerprint density at radius 1 is 0.838 bits per heavy atom. The molecule has 0 spiro atoms. The third-order valence-electron chi connectivity index (χ3n) is 6.94. The Labute approximate surface area is 230 Å². The van der Waals surface area contributed by atoms with Crippen molar-refractivity contribution in [3.8, 4) is 0 Å². The molecule has 2 heterocycles. The van der Waals surface area contributed by atoms with Crippen molar-refractivity contribution in [2.45, 2.75) is 44.7 Å². The van der Waals surface area contributed by atoms with E-state index in [1.807, 2.05) is 6.92 Å². The van der Waals surface area contributed by atoms with Crippen molar-refractivity contribution in [3.05, 3.63) is 12.3 Å². The molecule has 1 fully saturated rings. The van der Waals surface area contributed by atoms with Crippen LogP contribution in [0.4, 0.5) is 0 Å². The van der Waals surface area contributed by atoms with Gasteiger partial charge >= 0.3 is 8.80 Å². The van der Waals surface area contributed by atoms with Crippen molar-refractivity contribution in [2.75, 3.05) is 108 Å². The first-order chi connectivity index (χ1) is 18.0. The van der Waals surface area contributed by atoms with Gasteiger partial charge in [0.15, 0.2) is 0 Å². The lowest BCUT2D eigenvalue weighted by Crippen LogP contribution is -2.43. The van der Waals surface area contributed by atoms with Crippen molar-refractivity contribution in [2.24, 2.45) is 0 Å². The maximum Gasteiger partial charge on any atom is 0.500 e. The summed E-state index contributed by atoms with van der Waals surface area (Å²) >= 11 is 0. The maximum absolute atomic E-state index is 5.44. The van der Waals surface area contributed by atoms with E-state index in [0.29, 0.717) is 0 Å². The molecule has 0 aromatic carbocycles. The predicted molar refractivity (Wildman–Crippen MR) is 154 cm³/mol. The Hall–Kier alpha value is -0.386. The molecule has 0 atom stereocenters. The minimum absolute atomic E-state index is 0.100. The largest absolute Gasteiger partial charge is 0.500 e. The van der Waals surface area contributed by atoms with Crippen molar-refractivity contribution in [1.29, 1.82) is 0 Å². The van der Waals surface area contributed by atoms with E-state index in [2.05, 4.69) is 38.8 Å². The van der Waals surface area contributed by atoms with Crippen LogP contribution in [-0.4, -0.2) is 152 Å². The monoisotopic (exact) mass is 564 g/mol. The molecule has 2 aliphatic heterocycles. The lowest BCUT2D eigenvalue weighted by atomic mass is 10.3. The number of hydrogen-bond acceptors (Lipinski definition) is 10. The zero-order valence-corrected chi connectivity index (χ0v) is 27.2. The van der Waals surface area contributed by atoms with E-state index >= 15 is 0 Å². The number of nitrogens with zero attached hydrogens (tertiary/aromatic N) is 4. The molecule has 1 saturated heterocycles. The Balaban J connectivity index is 0.000000375. The lowest BCUT2D eigenvalue weighted by Gasteiger charge is -2.31. The van der Waals surface area contributed by atoms with Gasteiger partial charge in [-0.15, -0.1) is 0 Å². The van der Waals surface area contributed by atoms with Gasteiger partial charge in [-0.25, -0.2) is 0 Å². The van der Waals surface area contributed by atoms with Crippen LogP contribution in [-0.2, 0) is 27.5 Å². The Morgan fingerprint density at radius 3 is 2.08 bits per heavy atom. The fraction of sp³-hybridized carbons (Fsp3) is 0.920. The van der Waals surface area contributed by atoms with Gasteiger partial charge < -0.3 is 32.4 Å². The maximum atomic E-state index is 5.44. The van der Waals surface area contributed by atoms with Gasteiger partial charge in [-0.3, -0.25) is 14.7 Å². The molecule has 0 aromatic rings. The average Bonchev–Trinajstić information content (AvgIpc) is 3.39. The highest BCUT2D eigenvalue weighted by Crippen LogP contribution is 2.16. The van der Waals surface area contributed by atoms with Gasteiger partial charge in [0, 0.05) is 80.9 Å². The van der Waals surface area contributed by atoms with Gasteiger partial charge in [0.2, 0.25) is 0 Å². The number of hydrogen-bond donors (Lipinski definition) is 0. The van der Waals surface area contributed by atoms with Crippen LogP contribution in [0.15, 0.2) is 12.3 Å². The third-order valence-corrected chi connectivity index (χ3v) is 11.8. The van der Waals surface area contributed by atoms with Gasteiger partial charge in [0.1, 0.15) is 5.91 Å². The predicted octanol–water partition coefficient (Wildman–Crippen LogP) is 1.51. The van der Waals surface area contributed by atoms with Crippen molar-refractivity contribution < 1.29 is 27.5 Å². The van der Waals surface area contributed by atoms with Crippen LogP contribution in [0.1, 0.15) is 26.7 Å². The van der Waals surface area contributed by atoms with Crippen molar-refractivity contribution in [3.63, 3.8) is 0 Å². The zero-order valence-electron chi connectivity index (χ0n) is 24.8. The van der Waals surface area contributed by atoms with Gasteiger partial charge in [-0.2, -0.15) is 0 Å². The van der Waals surface area contributed by atoms with Gasteiger partial charge in [0.25, 0.3) is 0 Å². The number of ether oxygens (including phenoxy) is 3. The summed E-state index contributed by atoms with van der Waals surface area (Å²) in [7, 11) is 5.84. The van der Waals surface area contributed by atoms with E-state index in [-0.39, 0.29) is 15.4 Å². The summed E-state index contributed by atoms with van der Waals surface area (Å²) in [6, 6.07) is 2.16. The van der Waals surface area contributed by atoms with Gasteiger partial charge in [-0.05, 0) is 46.0 Å². The molecule has 0 saturated carbocycles. The number of methoxy groups -OCH3 is 2. The highest BCUT2D eigenvalue weighted by molar-refractivity contribution is 6.60. The molecule has 0 amide bonds. The van der Waals surface area contributed by atoms with E-state index in [9.17, 15) is 0 Å². The van der Waals surface area contributed by atoms with Crippen LogP contribution in [0.5, 0.6) is 0 Å². The van der Waals surface area contributed by atoms with Crippen molar-refractivity contribution >= 4 is 18.3 Å². The minimum Gasteiger partial charge on any atom is -0.380 e. The number of rotatable bonds is 19. The molecule has 0 N–H and O–H groups in total. The molecule has 0 aromatic heterocycles. The van der Waals surface area contributed by atoms with E-state index in [4.69, 9.17) is 27.5 Å². The molecule has 0 unspecified atom stereocenters. The molecule has 2 aliphatic rings. The summed E-state index contributed by atoms with van der Waals surface area (Å²) in [6.45, 7) is 15.7. The molecular formula is C25H56N4O6Si2. The normalized spacial score (nSPS) is 17.9. The molecule has 220 valence electrons. The first kappa shape index (κ1) is 34.6. The minimum atomic E-state index is -2.39. The SMILES string of the molecule is CCN1C=CCN(CCC[SiH2]C(OC)OC)C1.CCOCCN1CCN(CCC[Si](OC)(OC)OC)C1. The summed E-state index contributed by atoms with van der Waals surface area (Å²) in [6.07, 6.45) is 6.76. The Bertz CT molecular complexity index is 565. The van der Waals surface area contributed by atoms with Crippen LogP contribution in [0, 0.1) is 0 Å². The van der Waals surface area contributed by atoms with Gasteiger partial charge in [0.05, 0.1) is 29.5 Å². The highest BCUT2D eigenvalue weighted by Gasteiger charge is 2.37. The molecular weight excluding hydrogens is 508 g/mol. The quantitative estimate of drug-likeness (QED) is 0.131. The van der Waals surface area contributed by atoms with Crippen LogP contribution in [0.25, 0.3) is 0 Å². The second kappa shape index (κ2) is 21.4. The van der Waals surface area contributed by atoms with E-state index in [0.717, 1.165) is 78.3 Å². The van der Waals surface area contributed by atoms with E-state index < -0.39 is 8.80 Å². The van der Waals surface area contributed by atoms with E-state index in [1.165, 1.54) is 19.0 Å². The summed E-state index contributed by atoms with van der Waals surface area (Å²) in [5.74, 6) is 0.100. The second-order valence-corrected chi connectivity index (χ2v) is 14.4. The smallest absolute Gasteiger partial charge is 0.380 e. The lowest BCUT2D eigenvalue weighted by molar-refractivity contribution is -0.0441. The molecule has 0 bridgehead atoms. The summed E-state index contributed by atoms with van der Waals surface area (Å²) in [4.78, 5) is 9.73. The van der Waals surface area contributed by atoms with Crippen LogP contribution in [0.2, 0.25) is 12.1 Å². The molecule has 10 nitrogen and oxygen atoms in total. The first-order valence-electron chi connectivity index (χ1n) is 13.9. The first-order valence-corrected chi connectivity index (χ1v) is 17.6. The van der Waals surface area contributed by atoms with E-state index in [1.54, 1.807) is 35.5 Å². The molecule has 2 rings (SSSR count).